The summed E-state index contributed by atoms with van der Waals surface area (Å²) in [5.41, 5.74) is 5.13. The Balaban J connectivity index is 0.000000989. The fraction of sp³-hybridized carbons (Fsp3) is 0.526. The maximum absolute atomic E-state index is 13.4. The number of halogens is 2. The van der Waals surface area contributed by atoms with E-state index >= 15 is 0 Å². The Morgan fingerprint density at radius 3 is 2.53 bits per heavy atom. The molecule has 7 rings (SSSR count). The molecule has 0 radical (unpaired) electrons. The summed E-state index contributed by atoms with van der Waals surface area (Å²) in [5, 5.41) is 4.19. The van der Waals surface area contributed by atoms with Crippen LogP contribution in [-0.4, -0.2) is 50.5 Å². The topological polar surface area (TPSA) is 88.1 Å². The lowest BCUT2D eigenvalue weighted by Crippen LogP contribution is -2.53. The van der Waals surface area contributed by atoms with Gasteiger partial charge < -0.3 is 28.4 Å². The van der Waals surface area contributed by atoms with Crippen LogP contribution in [0.1, 0.15) is 74.3 Å². The highest BCUT2D eigenvalue weighted by Gasteiger charge is 2.54. The zero-order valence-corrected chi connectivity index (χ0v) is 32.3. The maximum atomic E-state index is 13.4. The van der Waals surface area contributed by atoms with Crippen molar-refractivity contribution in [3.8, 4) is 17.2 Å². The number of aromatic nitrogens is 1. The van der Waals surface area contributed by atoms with Crippen LogP contribution in [0.4, 0.5) is 5.69 Å². The first-order valence-electron chi connectivity index (χ1n) is 17.3. The minimum atomic E-state index is -0.818. The first-order chi connectivity index (χ1) is 23.8. The van der Waals surface area contributed by atoms with Crippen molar-refractivity contribution in [2.24, 2.45) is 11.8 Å². The fourth-order valence-electron chi connectivity index (χ4n) is 8.49. The number of anilines is 1. The van der Waals surface area contributed by atoms with Crippen molar-refractivity contribution >= 4 is 53.7 Å². The molecule has 2 atom stereocenters. The summed E-state index contributed by atoms with van der Waals surface area (Å²) >= 11 is 8.36. The predicted molar refractivity (Wildman–Crippen MR) is 203 cm³/mol. The molecule has 0 saturated heterocycles. The third-order valence-corrected chi connectivity index (χ3v) is 12.2. The zero-order chi connectivity index (χ0) is 34.4. The molecule has 2 aromatic carbocycles. The number of carbonyl (C=O) groups is 1. The largest absolute Gasteiger partial charge is 0.493 e. The van der Waals surface area contributed by atoms with Crippen LogP contribution >= 0.6 is 42.0 Å². The lowest BCUT2D eigenvalue weighted by atomic mass is 9.59. The van der Waals surface area contributed by atoms with E-state index in [1.165, 1.54) is 51.5 Å². The second kappa shape index (κ2) is 16.3. The highest BCUT2D eigenvalue weighted by atomic mass is 127. The minimum absolute atomic E-state index is 0.0806. The highest BCUT2D eigenvalue weighted by Crippen LogP contribution is 2.58. The number of carbonyl (C=O) groups excluding carboxylic acids is 1. The Labute approximate surface area is 311 Å². The van der Waals surface area contributed by atoms with Gasteiger partial charge >= 0.3 is 5.97 Å². The molecule has 8 nitrogen and oxygen atoms in total. The van der Waals surface area contributed by atoms with Gasteiger partial charge in [-0.15, -0.1) is 0 Å². The third-order valence-electron chi connectivity index (χ3n) is 10.8. The van der Waals surface area contributed by atoms with Crippen molar-refractivity contribution in [1.29, 1.82) is 0 Å². The fourth-order valence-corrected chi connectivity index (χ4v) is 8.68. The Hall–Kier alpha value is -2.41. The summed E-state index contributed by atoms with van der Waals surface area (Å²) < 4.78 is 28.4. The van der Waals surface area contributed by atoms with Gasteiger partial charge in [-0.05, 0) is 129 Å². The second-order valence-corrected chi connectivity index (χ2v) is 15.7. The molecule has 1 N–H and O–H groups in total. The number of aryl methyl sites for hydroxylation is 1. The van der Waals surface area contributed by atoms with E-state index in [2.05, 4.69) is 33.5 Å². The van der Waals surface area contributed by atoms with Gasteiger partial charge in [-0.1, -0.05) is 24.6 Å². The maximum Gasteiger partial charge on any atom is 0.331 e. The average Bonchev–Trinajstić information content (AvgIpc) is 3.41. The highest BCUT2D eigenvalue weighted by molar-refractivity contribution is 14.2. The van der Waals surface area contributed by atoms with Crippen molar-refractivity contribution in [2.45, 2.75) is 82.1 Å². The van der Waals surface area contributed by atoms with E-state index in [0.717, 1.165) is 61.5 Å². The Morgan fingerprint density at radius 1 is 1.08 bits per heavy atom. The summed E-state index contributed by atoms with van der Waals surface area (Å²) in [6, 6.07) is 14.1. The average molecular weight is 821 g/mol. The van der Waals surface area contributed by atoms with Crippen LogP contribution in [0, 0.1) is 11.8 Å². The number of hydrogen-bond acceptors (Lipinski definition) is 9. The van der Waals surface area contributed by atoms with E-state index in [9.17, 15) is 4.79 Å². The summed E-state index contributed by atoms with van der Waals surface area (Å²) in [6.07, 6.45) is 11.4. The van der Waals surface area contributed by atoms with E-state index in [1.807, 2.05) is 57.7 Å². The smallest absolute Gasteiger partial charge is 0.331 e. The molecule has 1 aromatic heterocycles. The second-order valence-electron chi connectivity index (χ2n) is 13.7. The van der Waals surface area contributed by atoms with Crippen LogP contribution in [0.25, 0.3) is 0 Å². The van der Waals surface area contributed by atoms with Crippen LogP contribution in [0.5, 0.6) is 17.2 Å². The van der Waals surface area contributed by atoms with Gasteiger partial charge in [0.05, 0.1) is 30.0 Å². The molecular formula is C38H46ClIN2O6S. The van der Waals surface area contributed by atoms with Gasteiger partial charge in [-0.2, -0.15) is 0 Å². The van der Waals surface area contributed by atoms with Crippen LogP contribution in [0.3, 0.4) is 0 Å². The standard InChI is InChI=1S/C37H43ClN2O5.CH3IOS/c1-24(23-45-32-10-15-39-31-9-4-3-8-29(31)32)18-26-19-25-20-33-34(44-17-16-43-33)22-30(25)36(26)11-13-37(14-12-36,35(41)42-2)40-28-7-5-6-27(38)21-28;1-3-4-2/h5-7,10,15,20-22,24,26,40H,3-4,8-9,11-14,16-19,23H2,1-2H3;1H3/t24-,26?,36?,37?;/m1./s1. The zero-order valence-electron chi connectivity index (χ0n) is 28.5. The lowest BCUT2D eigenvalue weighted by molar-refractivity contribution is -0.148. The molecule has 0 amide bonds. The molecule has 0 bridgehead atoms. The molecule has 1 fully saturated rings. The summed E-state index contributed by atoms with van der Waals surface area (Å²) in [6.45, 7) is 4.11. The molecule has 1 saturated carbocycles. The lowest BCUT2D eigenvalue weighted by Gasteiger charge is -2.48. The minimum Gasteiger partial charge on any atom is -0.493 e. The summed E-state index contributed by atoms with van der Waals surface area (Å²) in [4.78, 5) is 18.0. The Kier molecular flexibility index (Phi) is 12.1. The molecule has 1 aliphatic heterocycles. The molecule has 2 heterocycles. The number of nitrogens with one attached hydrogen (secondary N) is 1. The molecule has 4 aliphatic rings. The molecule has 11 heteroatoms. The van der Waals surface area contributed by atoms with Gasteiger partial charge in [0.15, 0.2) is 11.5 Å². The van der Waals surface area contributed by atoms with E-state index in [-0.39, 0.29) is 11.4 Å². The van der Waals surface area contributed by atoms with E-state index in [0.29, 0.717) is 49.5 Å². The molecular weight excluding hydrogens is 775 g/mol. The molecule has 264 valence electrons. The van der Waals surface area contributed by atoms with Crippen molar-refractivity contribution < 1.29 is 27.9 Å². The van der Waals surface area contributed by atoms with Crippen LogP contribution in [-0.2, 0) is 38.4 Å². The van der Waals surface area contributed by atoms with E-state index < -0.39 is 5.54 Å². The van der Waals surface area contributed by atoms with Crippen molar-refractivity contribution in [3.05, 3.63) is 76.1 Å². The van der Waals surface area contributed by atoms with Crippen LogP contribution in [0.15, 0.2) is 48.7 Å². The number of methoxy groups -OCH3 is 1. The van der Waals surface area contributed by atoms with Gasteiger partial charge in [0.1, 0.15) is 24.5 Å². The Morgan fingerprint density at radius 2 is 1.82 bits per heavy atom. The predicted octanol–water partition coefficient (Wildman–Crippen LogP) is 9.13. The number of esters is 1. The van der Waals surface area contributed by atoms with Crippen molar-refractivity contribution in [1.82, 2.24) is 4.98 Å². The van der Waals surface area contributed by atoms with E-state index in [4.69, 9.17) is 30.5 Å². The number of fused-ring (bicyclic) bond motifs is 4. The Bertz CT molecular complexity index is 1620. The molecule has 3 aliphatic carbocycles. The third kappa shape index (κ3) is 7.92. The number of hydrogen-bond donors (Lipinski definition) is 1. The molecule has 3 aromatic rings. The summed E-state index contributed by atoms with van der Waals surface area (Å²) in [5.74, 6) is 3.22. The number of ether oxygens (including phenoxy) is 4. The van der Waals surface area contributed by atoms with E-state index in [1.54, 1.807) is 7.11 Å². The van der Waals surface area contributed by atoms with Crippen molar-refractivity contribution in [2.75, 3.05) is 39.4 Å². The van der Waals surface area contributed by atoms with Crippen LogP contribution in [0.2, 0.25) is 5.02 Å². The summed E-state index contributed by atoms with van der Waals surface area (Å²) in [7, 11) is 4.44. The van der Waals surface area contributed by atoms with Crippen LogP contribution < -0.4 is 19.5 Å². The normalized spacial score (nSPS) is 24.1. The first-order valence-corrected chi connectivity index (χ1v) is 20.9. The number of pyridine rings is 1. The van der Waals surface area contributed by atoms with Gasteiger partial charge in [0, 0.05) is 49.4 Å². The first kappa shape index (κ1) is 36.4. The molecule has 1 unspecified atom stereocenters. The monoisotopic (exact) mass is 820 g/mol. The quantitative estimate of drug-likeness (QED) is 0.129. The van der Waals surface area contributed by atoms with Gasteiger partial charge in [-0.25, -0.2) is 4.79 Å². The molecule has 1 spiro atoms. The molecule has 49 heavy (non-hydrogen) atoms. The van der Waals surface area contributed by atoms with Gasteiger partial charge in [0.2, 0.25) is 0 Å². The van der Waals surface area contributed by atoms with Gasteiger partial charge in [-0.3, -0.25) is 4.98 Å². The SMILES string of the molecule is COC(=O)C1(Nc2cccc(Cl)c2)CCC2(CC1)c1cc3c(cc1CC2C[C@@H](C)COc1ccnc2c1CCCC2)OCCO3.COSI. The number of nitrogens with zero attached hydrogens (tertiary/aromatic N) is 1. The van der Waals surface area contributed by atoms with Crippen molar-refractivity contribution in [3.63, 3.8) is 0 Å². The van der Waals surface area contributed by atoms with Gasteiger partial charge in [0.25, 0.3) is 0 Å². The number of benzene rings is 2. The number of rotatable bonds is 9.